The van der Waals surface area contributed by atoms with Crippen molar-refractivity contribution in [3.05, 3.63) is 9.81 Å². The van der Waals surface area contributed by atoms with Gasteiger partial charge in [0.2, 0.25) is 23.6 Å². The molecule has 0 unspecified atom stereocenters. The van der Waals surface area contributed by atoms with Gasteiger partial charge in [0.05, 0.1) is 0 Å². The van der Waals surface area contributed by atoms with E-state index in [9.17, 15) is 48.2 Å². The molecule has 0 saturated carbocycles. The Morgan fingerprint density at radius 1 is 0.622 bits per heavy atom. The molecule has 4 atom stereocenters. The van der Waals surface area contributed by atoms with E-state index in [1.807, 2.05) is 0 Å². The van der Waals surface area contributed by atoms with E-state index < -0.39 is 84.8 Å². The fraction of sp³-hybridized carbons (Fsp3) is 0.600. The molecular weight excluding hydrogens is 696 g/mol. The number of amides is 4. The van der Waals surface area contributed by atoms with E-state index in [-0.39, 0.29) is 54.3 Å². The van der Waals surface area contributed by atoms with Crippen molar-refractivity contribution >= 4 is 71.4 Å². The molecule has 4 amide bonds. The number of carbonyl (C=O) groups excluding carboxylic acids is 4. The molecule has 0 aromatic heterocycles. The number of hydrogen-bond donors (Lipinski definition) is 10. The summed E-state index contributed by atoms with van der Waals surface area (Å²) in [5, 5.41) is 42.7. The van der Waals surface area contributed by atoms with E-state index in [0.29, 0.717) is 23.9 Å². The maximum absolute atomic E-state index is 11.7. The van der Waals surface area contributed by atoms with E-state index in [1.54, 1.807) is 0 Å². The first-order valence-electron chi connectivity index (χ1n) is 12.0. The summed E-state index contributed by atoms with van der Waals surface area (Å²) in [7, 11) is 0. The second kappa shape index (κ2) is 26.5. The third-order valence-electron chi connectivity index (χ3n) is 4.72. The summed E-state index contributed by atoms with van der Waals surface area (Å²) >= 11 is 0.955. The van der Waals surface area contributed by atoms with E-state index in [1.165, 1.54) is 0 Å². The number of rotatable bonds is 22. The molecule has 0 rings (SSSR count). The Kier molecular flexibility index (Phi) is 26.8. The zero-order valence-electron chi connectivity index (χ0n) is 23.1. The SMILES string of the molecule is N[C@@H](CCC(=O)N[C@@H](CSN=O)C(=O)NCC(=O)O)C(=O)O.N[C@@H](CCC(=O)N[C@@H](CSN=O)C(=O)NCC(=O)O)C(=O)O.[Fe]. The quantitative estimate of drug-likeness (QED) is 0.0294. The van der Waals surface area contributed by atoms with Crippen molar-refractivity contribution < 1.29 is 75.9 Å². The minimum absolute atomic E-state index is 0. The molecule has 0 aromatic rings. The Bertz CT molecular complexity index is 977. The van der Waals surface area contributed by atoms with Gasteiger partial charge in [0, 0.05) is 74.5 Å². The monoisotopic (exact) mass is 728 g/mol. The summed E-state index contributed by atoms with van der Waals surface area (Å²) in [6, 6.07) is -4.77. The minimum atomic E-state index is -1.27. The van der Waals surface area contributed by atoms with Crippen molar-refractivity contribution in [2.45, 2.75) is 49.9 Å². The zero-order chi connectivity index (χ0) is 34.2. The molecule has 256 valence electrons. The number of nitrogens with one attached hydrogen (secondary N) is 4. The van der Waals surface area contributed by atoms with Gasteiger partial charge in [-0.3, -0.25) is 38.4 Å². The van der Waals surface area contributed by atoms with Crippen LogP contribution in [0.5, 0.6) is 0 Å². The molecule has 25 heteroatoms. The Hall–Kier alpha value is -3.90. The fourth-order valence-corrected chi connectivity index (χ4v) is 3.39. The van der Waals surface area contributed by atoms with E-state index in [2.05, 4.69) is 30.4 Å². The van der Waals surface area contributed by atoms with Crippen LogP contribution in [0.1, 0.15) is 25.7 Å². The van der Waals surface area contributed by atoms with Crippen LogP contribution in [0.4, 0.5) is 0 Å². The Balaban J connectivity index is -0.000000767. The Morgan fingerprint density at radius 3 is 1.18 bits per heavy atom. The van der Waals surface area contributed by atoms with Crippen LogP contribution in [0.2, 0.25) is 0 Å². The summed E-state index contributed by atoms with van der Waals surface area (Å²) in [6.45, 7) is -1.29. The zero-order valence-corrected chi connectivity index (χ0v) is 25.8. The summed E-state index contributed by atoms with van der Waals surface area (Å²) in [5.41, 5.74) is 10.5. The molecule has 0 aliphatic carbocycles. The number of aliphatic carboxylic acids is 4. The van der Waals surface area contributed by atoms with Crippen molar-refractivity contribution in [2.24, 2.45) is 20.6 Å². The van der Waals surface area contributed by atoms with Gasteiger partial charge in [-0.2, -0.15) is 0 Å². The standard InChI is InChI=1S/2C10H16N4O7S.Fe/c2*11-5(10(19)20)1-2-7(15)13-6(4-22-14-21)9(18)12-3-8(16)17;/h2*5-6H,1-4,11H2,(H,12,18)(H,13,15)(H,16,17)(H,19,20);/t2*5-,6-;/m00./s1. The van der Waals surface area contributed by atoms with E-state index in [4.69, 9.17) is 31.9 Å². The number of carboxylic acid groups (broad SMARTS) is 4. The first-order chi connectivity index (χ1) is 20.5. The van der Waals surface area contributed by atoms with Gasteiger partial charge in [0.25, 0.3) is 0 Å². The first-order valence-corrected chi connectivity index (χ1v) is 13.9. The van der Waals surface area contributed by atoms with Crippen molar-refractivity contribution in [1.29, 1.82) is 0 Å². The average molecular weight is 728 g/mol. The molecule has 12 N–H and O–H groups in total. The van der Waals surface area contributed by atoms with Gasteiger partial charge in [0.15, 0.2) is 0 Å². The number of nitroso groups, excluding NO2 is 2. The average Bonchev–Trinajstić information content (AvgIpc) is 2.96. The van der Waals surface area contributed by atoms with Gasteiger partial charge >= 0.3 is 23.9 Å². The van der Waals surface area contributed by atoms with Gasteiger partial charge in [-0.05, 0) is 12.8 Å². The van der Waals surface area contributed by atoms with E-state index >= 15 is 0 Å². The van der Waals surface area contributed by atoms with Crippen LogP contribution in [0.15, 0.2) is 9.16 Å². The summed E-state index contributed by atoms with van der Waals surface area (Å²) in [4.78, 5) is 108. The summed E-state index contributed by atoms with van der Waals surface area (Å²) in [5.74, 6) is -8.34. The van der Waals surface area contributed by atoms with Crippen molar-refractivity contribution in [3.8, 4) is 0 Å². The van der Waals surface area contributed by atoms with Gasteiger partial charge in [-0.1, -0.05) is 0 Å². The van der Waals surface area contributed by atoms with Crippen molar-refractivity contribution in [3.63, 3.8) is 0 Å². The van der Waals surface area contributed by atoms with Crippen molar-refractivity contribution in [1.82, 2.24) is 21.3 Å². The second-order valence-electron chi connectivity index (χ2n) is 8.17. The van der Waals surface area contributed by atoms with Crippen LogP contribution < -0.4 is 32.7 Å². The molecule has 0 aromatic carbocycles. The number of carboxylic acids is 4. The largest absolute Gasteiger partial charge is 0.480 e. The Labute approximate surface area is 273 Å². The van der Waals surface area contributed by atoms with Crippen LogP contribution in [-0.4, -0.2) is 117 Å². The van der Waals surface area contributed by atoms with E-state index in [0.717, 1.165) is 0 Å². The first kappa shape index (κ1) is 45.5. The van der Waals surface area contributed by atoms with Crippen LogP contribution in [-0.2, 0) is 55.4 Å². The fourth-order valence-electron chi connectivity index (χ4n) is 2.50. The summed E-state index contributed by atoms with van der Waals surface area (Å²) in [6.07, 6.45) is -0.752. The molecule has 0 aliphatic heterocycles. The predicted octanol–water partition coefficient (Wildman–Crippen LogP) is -3.45. The van der Waals surface area contributed by atoms with Gasteiger partial charge in [-0.25, -0.2) is 0 Å². The maximum Gasteiger partial charge on any atom is 0.322 e. The number of nitrogens with zero attached hydrogens (tertiary/aromatic N) is 2. The van der Waals surface area contributed by atoms with Crippen molar-refractivity contribution in [2.75, 3.05) is 24.6 Å². The predicted molar refractivity (Wildman–Crippen MR) is 151 cm³/mol. The van der Waals surface area contributed by atoms with Gasteiger partial charge in [0.1, 0.15) is 37.3 Å². The van der Waals surface area contributed by atoms with Crippen LogP contribution in [0.25, 0.3) is 0 Å². The number of nitrogens with two attached hydrogens (primary N) is 2. The van der Waals surface area contributed by atoms with Gasteiger partial charge in [-0.15, -0.1) is 9.81 Å². The minimum Gasteiger partial charge on any atom is -0.480 e. The second-order valence-corrected chi connectivity index (χ2v) is 9.65. The molecule has 0 fully saturated rings. The Morgan fingerprint density at radius 2 is 0.933 bits per heavy atom. The molecule has 0 spiro atoms. The molecule has 0 aliphatic rings. The topological polar surface area (TPSA) is 376 Å². The molecule has 0 radical (unpaired) electrons. The van der Waals surface area contributed by atoms with Crippen LogP contribution in [0, 0.1) is 9.81 Å². The van der Waals surface area contributed by atoms with Crippen LogP contribution >= 0.6 is 23.9 Å². The smallest absolute Gasteiger partial charge is 0.322 e. The maximum atomic E-state index is 11.7. The molecule has 0 bridgehead atoms. The summed E-state index contributed by atoms with van der Waals surface area (Å²) < 4.78 is 4.96. The molecule has 45 heavy (non-hydrogen) atoms. The van der Waals surface area contributed by atoms with Crippen LogP contribution in [0.3, 0.4) is 0 Å². The van der Waals surface area contributed by atoms with Gasteiger partial charge < -0.3 is 53.2 Å². The molecule has 0 saturated heterocycles. The third-order valence-corrected chi connectivity index (χ3v) is 5.89. The molecule has 0 heterocycles. The third kappa shape index (κ3) is 25.2. The number of hydrogen-bond acceptors (Lipinski definition) is 16. The molecule has 22 nitrogen and oxygen atoms in total. The normalized spacial score (nSPS) is 12.5. The molecular formula is C20H32FeN8O14S2. The number of carbonyl (C=O) groups is 8.